The number of benzene rings is 2. The Kier molecular flexibility index (Phi) is 7.70. The van der Waals surface area contributed by atoms with Crippen LogP contribution in [0.2, 0.25) is 5.02 Å². The Morgan fingerprint density at radius 3 is 2.45 bits per heavy atom. The molecule has 29 heavy (non-hydrogen) atoms. The fraction of sp³-hybridized carbons (Fsp3) is 0.409. The molecule has 5 nitrogen and oxygen atoms in total. The number of hydrogen-bond acceptors (Lipinski definition) is 3. The van der Waals surface area contributed by atoms with Crippen molar-refractivity contribution in [3.05, 3.63) is 64.7 Å². The Bertz CT molecular complexity index is 939. The van der Waals surface area contributed by atoms with E-state index in [4.69, 9.17) is 11.6 Å². The van der Waals surface area contributed by atoms with Gasteiger partial charge in [0, 0.05) is 30.2 Å². The first kappa shape index (κ1) is 21.8. The maximum atomic E-state index is 12.9. The number of nitrogens with zero attached hydrogens (tertiary/aromatic N) is 1. The molecule has 0 aromatic heterocycles. The van der Waals surface area contributed by atoms with Crippen LogP contribution in [-0.4, -0.2) is 38.3 Å². The molecule has 2 aromatic rings. The van der Waals surface area contributed by atoms with E-state index in [1.54, 1.807) is 22.5 Å². The number of aryl methyl sites for hydroxylation is 1. The largest absolute Gasteiger partial charge is 0.352 e. The van der Waals surface area contributed by atoms with Gasteiger partial charge in [-0.05, 0) is 55.5 Å². The first-order chi connectivity index (χ1) is 14.0. The molecular formula is C22H27ClN2O3S. The fourth-order valence-electron chi connectivity index (χ4n) is 3.51. The topological polar surface area (TPSA) is 66.5 Å². The van der Waals surface area contributed by atoms with Crippen LogP contribution in [0, 0.1) is 0 Å². The van der Waals surface area contributed by atoms with Crippen molar-refractivity contribution in [2.24, 2.45) is 0 Å². The van der Waals surface area contributed by atoms with Gasteiger partial charge in [0.25, 0.3) is 5.91 Å². The second-order valence-electron chi connectivity index (χ2n) is 7.30. The van der Waals surface area contributed by atoms with Crippen LogP contribution in [0.1, 0.15) is 48.0 Å². The summed E-state index contributed by atoms with van der Waals surface area (Å²) in [4.78, 5) is 12.7. The summed E-state index contributed by atoms with van der Waals surface area (Å²) in [6.45, 7) is 1.58. The number of hydrogen-bond donors (Lipinski definition) is 1. The molecule has 3 rings (SSSR count). The minimum absolute atomic E-state index is 0.183. The zero-order chi connectivity index (χ0) is 20.7. The van der Waals surface area contributed by atoms with Gasteiger partial charge in [0.1, 0.15) is 0 Å². The second kappa shape index (κ2) is 10.2. The Morgan fingerprint density at radius 2 is 1.72 bits per heavy atom. The molecular weight excluding hydrogens is 408 g/mol. The highest BCUT2D eigenvalue weighted by Crippen LogP contribution is 2.21. The molecule has 0 saturated carbocycles. The van der Waals surface area contributed by atoms with Crippen molar-refractivity contribution >= 4 is 27.5 Å². The second-order valence-corrected chi connectivity index (χ2v) is 9.64. The number of carbonyl (C=O) groups is 1. The van der Waals surface area contributed by atoms with E-state index in [2.05, 4.69) is 5.32 Å². The van der Waals surface area contributed by atoms with Gasteiger partial charge < -0.3 is 5.32 Å². The van der Waals surface area contributed by atoms with E-state index in [1.165, 1.54) is 6.07 Å². The molecule has 0 aliphatic carbocycles. The number of sulfonamides is 1. The average molecular weight is 435 g/mol. The van der Waals surface area contributed by atoms with Gasteiger partial charge in [-0.1, -0.05) is 48.7 Å². The summed E-state index contributed by atoms with van der Waals surface area (Å²) in [5, 5.41) is 3.59. The van der Waals surface area contributed by atoms with Crippen molar-refractivity contribution < 1.29 is 13.2 Å². The van der Waals surface area contributed by atoms with Crippen LogP contribution in [0.15, 0.2) is 53.4 Å². The zero-order valence-electron chi connectivity index (χ0n) is 16.4. The lowest BCUT2D eigenvalue weighted by Gasteiger charge is -2.20. The minimum Gasteiger partial charge on any atom is -0.352 e. The molecule has 1 heterocycles. The van der Waals surface area contributed by atoms with Crippen molar-refractivity contribution in [3.8, 4) is 0 Å². The predicted molar refractivity (Wildman–Crippen MR) is 116 cm³/mol. The predicted octanol–water partition coefficient (Wildman–Crippen LogP) is 4.27. The number of nitrogens with one attached hydrogen (secondary N) is 1. The van der Waals surface area contributed by atoms with Gasteiger partial charge in [0.15, 0.2) is 0 Å². The molecule has 1 amide bonds. The van der Waals surface area contributed by atoms with E-state index in [0.29, 0.717) is 25.2 Å². The van der Waals surface area contributed by atoms with Crippen LogP contribution in [0.3, 0.4) is 0 Å². The Morgan fingerprint density at radius 1 is 1.00 bits per heavy atom. The van der Waals surface area contributed by atoms with Gasteiger partial charge >= 0.3 is 0 Å². The molecule has 0 atom stereocenters. The Balaban J connectivity index is 1.59. The van der Waals surface area contributed by atoms with Crippen LogP contribution in [0.25, 0.3) is 0 Å². The summed E-state index contributed by atoms with van der Waals surface area (Å²) in [5.74, 6) is -0.267. The first-order valence-electron chi connectivity index (χ1n) is 10.1. The van der Waals surface area contributed by atoms with Crippen LogP contribution >= 0.6 is 11.6 Å². The van der Waals surface area contributed by atoms with Gasteiger partial charge in [-0.3, -0.25) is 4.79 Å². The smallest absolute Gasteiger partial charge is 0.251 e. The highest BCUT2D eigenvalue weighted by atomic mass is 35.5. The third kappa shape index (κ3) is 5.81. The summed E-state index contributed by atoms with van der Waals surface area (Å²) >= 11 is 6.15. The Hall–Kier alpha value is -1.89. The van der Waals surface area contributed by atoms with Crippen LogP contribution in [-0.2, 0) is 16.4 Å². The summed E-state index contributed by atoms with van der Waals surface area (Å²) in [6.07, 6.45) is 5.39. The Labute approximate surface area is 178 Å². The molecule has 0 radical (unpaired) electrons. The average Bonchev–Trinajstić information content (AvgIpc) is 3.02. The zero-order valence-corrected chi connectivity index (χ0v) is 18.0. The lowest BCUT2D eigenvalue weighted by molar-refractivity contribution is 0.0953. The molecule has 1 aliphatic rings. The highest BCUT2D eigenvalue weighted by molar-refractivity contribution is 7.89. The fourth-order valence-corrected chi connectivity index (χ4v) is 5.31. The number of rotatable bonds is 7. The van der Waals surface area contributed by atoms with Crippen molar-refractivity contribution in [1.29, 1.82) is 0 Å². The summed E-state index contributed by atoms with van der Waals surface area (Å²) in [6, 6.07) is 14.0. The molecule has 1 aliphatic heterocycles. The normalized spacial score (nSPS) is 15.6. The van der Waals surface area contributed by atoms with Crippen LogP contribution < -0.4 is 5.32 Å². The van der Waals surface area contributed by atoms with Crippen LogP contribution in [0.5, 0.6) is 0 Å². The highest BCUT2D eigenvalue weighted by Gasteiger charge is 2.25. The SMILES string of the molecule is O=C(NCCCc1ccccc1Cl)c1cccc(S(=O)(=O)N2CCCCCC2)c1. The van der Waals surface area contributed by atoms with Gasteiger partial charge in [0.05, 0.1) is 4.90 Å². The van der Waals surface area contributed by atoms with Crippen molar-refractivity contribution in [1.82, 2.24) is 9.62 Å². The molecule has 2 aromatic carbocycles. The quantitative estimate of drug-likeness (QED) is 0.662. The van der Waals surface area contributed by atoms with E-state index >= 15 is 0 Å². The van der Waals surface area contributed by atoms with Crippen molar-refractivity contribution in [2.45, 2.75) is 43.4 Å². The van der Waals surface area contributed by atoms with E-state index in [0.717, 1.165) is 49.1 Å². The standard InChI is InChI=1S/C22H27ClN2O3S/c23-21-13-4-3-9-18(21)11-8-14-24-22(26)19-10-7-12-20(17-19)29(27,28)25-15-5-1-2-6-16-25/h3-4,7,9-10,12-13,17H,1-2,5-6,8,11,14-16H2,(H,24,26). The van der Waals surface area contributed by atoms with E-state index in [9.17, 15) is 13.2 Å². The third-order valence-electron chi connectivity index (χ3n) is 5.17. The molecule has 1 N–H and O–H groups in total. The molecule has 0 unspecified atom stereocenters. The molecule has 156 valence electrons. The number of carbonyl (C=O) groups excluding carboxylic acids is 1. The molecule has 0 spiro atoms. The van der Waals surface area contributed by atoms with Gasteiger partial charge in [-0.25, -0.2) is 8.42 Å². The monoisotopic (exact) mass is 434 g/mol. The van der Waals surface area contributed by atoms with Crippen LogP contribution in [0.4, 0.5) is 0 Å². The van der Waals surface area contributed by atoms with Gasteiger partial charge in [0.2, 0.25) is 10.0 Å². The van der Waals surface area contributed by atoms with E-state index in [1.807, 2.05) is 24.3 Å². The molecule has 7 heteroatoms. The maximum Gasteiger partial charge on any atom is 0.251 e. The lowest BCUT2D eigenvalue weighted by atomic mass is 10.1. The van der Waals surface area contributed by atoms with Gasteiger partial charge in [-0.15, -0.1) is 0 Å². The molecule has 0 bridgehead atoms. The summed E-state index contributed by atoms with van der Waals surface area (Å²) < 4.78 is 27.4. The van der Waals surface area contributed by atoms with E-state index < -0.39 is 10.0 Å². The number of amides is 1. The van der Waals surface area contributed by atoms with Gasteiger partial charge in [-0.2, -0.15) is 4.31 Å². The number of halogens is 1. The van der Waals surface area contributed by atoms with Crippen molar-refractivity contribution in [3.63, 3.8) is 0 Å². The molecule has 1 fully saturated rings. The minimum atomic E-state index is -3.57. The first-order valence-corrected chi connectivity index (χ1v) is 11.9. The summed E-state index contributed by atoms with van der Waals surface area (Å²) in [5.41, 5.74) is 1.41. The maximum absolute atomic E-state index is 12.9. The lowest BCUT2D eigenvalue weighted by Crippen LogP contribution is -2.32. The van der Waals surface area contributed by atoms with E-state index in [-0.39, 0.29) is 10.8 Å². The third-order valence-corrected chi connectivity index (χ3v) is 7.43. The van der Waals surface area contributed by atoms with Crippen molar-refractivity contribution in [2.75, 3.05) is 19.6 Å². The summed E-state index contributed by atoms with van der Waals surface area (Å²) in [7, 11) is -3.57. The molecule has 1 saturated heterocycles.